The van der Waals surface area contributed by atoms with E-state index in [0.29, 0.717) is 6.04 Å². The third-order valence-corrected chi connectivity index (χ3v) is 3.13. The molecule has 0 aromatic heterocycles. The Morgan fingerprint density at radius 3 is 2.00 bits per heavy atom. The Kier molecular flexibility index (Phi) is 1.42. The number of hydrogen-bond acceptors (Lipinski definition) is 4. The lowest BCUT2D eigenvalue weighted by Crippen LogP contribution is -2.62. The first-order chi connectivity index (χ1) is 6.14. The minimum atomic E-state index is -0.730. The molecule has 0 N–H and O–H groups in total. The van der Waals surface area contributed by atoms with Crippen molar-refractivity contribution in [3.05, 3.63) is 0 Å². The highest BCUT2D eigenvalue weighted by molar-refractivity contribution is 4.99. The molecular weight excluding hydrogens is 170 g/mol. The Morgan fingerprint density at radius 1 is 1.15 bits per heavy atom. The number of rotatable bonds is 1. The lowest BCUT2D eigenvalue weighted by atomic mass is 9.91. The molecule has 4 heterocycles. The van der Waals surface area contributed by atoms with Gasteiger partial charge in [-0.2, -0.15) is 0 Å². The van der Waals surface area contributed by atoms with Crippen molar-refractivity contribution in [3.63, 3.8) is 0 Å². The number of likely N-dealkylation sites (N-methyl/N-ethyl adjacent to an activating group) is 1. The van der Waals surface area contributed by atoms with Crippen LogP contribution in [0.3, 0.4) is 0 Å². The molecule has 0 amide bonds. The summed E-state index contributed by atoms with van der Waals surface area (Å²) in [4.78, 5) is 2.17. The highest BCUT2D eigenvalue weighted by Gasteiger charge is 2.60. The van der Waals surface area contributed by atoms with E-state index in [0.717, 1.165) is 26.4 Å². The average Bonchev–Trinajstić information content (AvgIpc) is 2.85. The van der Waals surface area contributed by atoms with Crippen molar-refractivity contribution in [3.8, 4) is 0 Å². The Bertz CT molecular complexity index is 218. The summed E-state index contributed by atoms with van der Waals surface area (Å²) in [6.07, 6.45) is 0. The third kappa shape index (κ3) is 1.06. The lowest BCUT2D eigenvalue weighted by molar-refractivity contribution is -0.467. The quantitative estimate of drug-likeness (QED) is 0.540. The molecule has 0 aromatic carbocycles. The molecule has 0 radical (unpaired) electrons. The van der Waals surface area contributed by atoms with Crippen molar-refractivity contribution in [2.45, 2.75) is 18.9 Å². The van der Waals surface area contributed by atoms with Gasteiger partial charge in [-0.1, -0.05) is 6.92 Å². The molecule has 74 valence electrons. The van der Waals surface area contributed by atoms with Crippen LogP contribution in [0.1, 0.15) is 6.92 Å². The molecule has 2 atom stereocenters. The molecule has 4 saturated heterocycles. The van der Waals surface area contributed by atoms with Crippen molar-refractivity contribution in [1.29, 1.82) is 0 Å². The van der Waals surface area contributed by atoms with Crippen LogP contribution >= 0.6 is 0 Å². The van der Waals surface area contributed by atoms with Crippen LogP contribution in [-0.4, -0.2) is 50.3 Å². The van der Waals surface area contributed by atoms with E-state index in [9.17, 15) is 0 Å². The van der Waals surface area contributed by atoms with E-state index in [1.807, 2.05) is 0 Å². The van der Waals surface area contributed by atoms with E-state index in [-0.39, 0.29) is 5.41 Å². The van der Waals surface area contributed by atoms with E-state index in [2.05, 4.69) is 18.9 Å². The Hall–Kier alpha value is -0.160. The van der Waals surface area contributed by atoms with Gasteiger partial charge in [-0.25, -0.2) is 0 Å². The summed E-state index contributed by atoms with van der Waals surface area (Å²) in [7, 11) is 2.05. The molecule has 4 heteroatoms. The van der Waals surface area contributed by atoms with Crippen LogP contribution in [0, 0.1) is 5.41 Å². The summed E-state index contributed by atoms with van der Waals surface area (Å²) in [5.41, 5.74) is 0.0786. The topological polar surface area (TPSA) is 30.7 Å². The standard InChI is InChI=1S/C9H15NO3/c1-8-4-11-9(12-5-8,13-6-8)7-3-10(7)2/h7H,3-6H2,1-2H3. The Morgan fingerprint density at radius 2 is 1.62 bits per heavy atom. The molecule has 4 nitrogen and oxygen atoms in total. The molecule has 4 aliphatic rings. The number of hydrogen-bond donors (Lipinski definition) is 0. The van der Waals surface area contributed by atoms with Gasteiger partial charge in [0.2, 0.25) is 0 Å². The Labute approximate surface area is 77.7 Å². The second kappa shape index (κ2) is 2.25. The largest absolute Gasteiger partial charge is 0.325 e. The minimum absolute atomic E-state index is 0.0786. The number of fused-ring (bicyclic) bond motifs is 3. The van der Waals surface area contributed by atoms with Crippen molar-refractivity contribution in [2.24, 2.45) is 5.41 Å². The van der Waals surface area contributed by atoms with Crippen LogP contribution in [0.15, 0.2) is 0 Å². The van der Waals surface area contributed by atoms with Crippen molar-refractivity contribution in [2.75, 3.05) is 33.4 Å². The van der Waals surface area contributed by atoms with Gasteiger partial charge in [-0.05, 0) is 7.05 Å². The molecule has 2 bridgehead atoms. The summed E-state index contributed by atoms with van der Waals surface area (Å²) < 4.78 is 17.0. The summed E-state index contributed by atoms with van der Waals surface area (Å²) >= 11 is 0. The second-order valence-electron chi connectivity index (χ2n) is 4.74. The first-order valence-corrected chi connectivity index (χ1v) is 4.76. The molecule has 0 spiro atoms. The smallest absolute Gasteiger partial charge is 0.300 e. The zero-order chi connectivity index (χ0) is 9.10. The van der Waals surface area contributed by atoms with E-state index in [4.69, 9.17) is 14.2 Å². The molecule has 13 heavy (non-hydrogen) atoms. The van der Waals surface area contributed by atoms with Gasteiger partial charge in [0, 0.05) is 12.0 Å². The first kappa shape index (κ1) is 8.17. The molecule has 4 fully saturated rings. The van der Waals surface area contributed by atoms with Gasteiger partial charge in [-0.15, -0.1) is 0 Å². The van der Waals surface area contributed by atoms with Crippen LogP contribution in [0.25, 0.3) is 0 Å². The van der Waals surface area contributed by atoms with E-state index in [1.165, 1.54) is 0 Å². The zero-order valence-corrected chi connectivity index (χ0v) is 8.08. The third-order valence-electron chi connectivity index (χ3n) is 3.13. The van der Waals surface area contributed by atoms with Gasteiger partial charge < -0.3 is 14.2 Å². The predicted octanol–water partition coefficient (Wildman–Crippen LogP) is 0.0375. The second-order valence-corrected chi connectivity index (χ2v) is 4.74. The summed E-state index contributed by atoms with van der Waals surface area (Å²) in [6.45, 7) is 5.43. The molecule has 0 aliphatic carbocycles. The van der Waals surface area contributed by atoms with Crippen LogP contribution < -0.4 is 0 Å². The monoisotopic (exact) mass is 185 g/mol. The molecule has 2 unspecified atom stereocenters. The van der Waals surface area contributed by atoms with Crippen molar-refractivity contribution < 1.29 is 14.2 Å². The van der Waals surface area contributed by atoms with Gasteiger partial charge in [0.05, 0.1) is 19.8 Å². The minimum Gasteiger partial charge on any atom is -0.325 e. The van der Waals surface area contributed by atoms with Crippen LogP contribution in [0.2, 0.25) is 0 Å². The number of nitrogens with zero attached hydrogens (tertiary/aromatic N) is 1. The predicted molar refractivity (Wildman–Crippen MR) is 45.1 cm³/mol. The fraction of sp³-hybridized carbons (Fsp3) is 1.00. The van der Waals surface area contributed by atoms with Crippen LogP contribution in [0.4, 0.5) is 0 Å². The van der Waals surface area contributed by atoms with Gasteiger partial charge in [0.15, 0.2) is 0 Å². The average molecular weight is 185 g/mol. The van der Waals surface area contributed by atoms with Crippen molar-refractivity contribution >= 4 is 0 Å². The maximum absolute atomic E-state index is 5.68. The highest BCUT2D eigenvalue weighted by atomic mass is 16.9. The van der Waals surface area contributed by atoms with E-state index in [1.54, 1.807) is 0 Å². The SMILES string of the molecule is CN1CC1C12OCC(C)(CO1)CO2. The normalized spacial score (nSPS) is 59.5. The molecule has 0 saturated carbocycles. The van der Waals surface area contributed by atoms with Gasteiger partial charge in [0.1, 0.15) is 6.04 Å². The van der Waals surface area contributed by atoms with Crippen LogP contribution in [-0.2, 0) is 14.2 Å². The maximum atomic E-state index is 5.68. The molecule has 0 aromatic rings. The van der Waals surface area contributed by atoms with Gasteiger partial charge >= 0.3 is 5.97 Å². The fourth-order valence-corrected chi connectivity index (χ4v) is 1.97. The number of ether oxygens (including phenoxy) is 3. The lowest BCUT2D eigenvalue weighted by Gasteiger charge is -2.50. The van der Waals surface area contributed by atoms with E-state index < -0.39 is 5.97 Å². The molecule has 4 rings (SSSR count). The van der Waals surface area contributed by atoms with Gasteiger partial charge in [-0.3, -0.25) is 4.90 Å². The van der Waals surface area contributed by atoms with Gasteiger partial charge in [0.25, 0.3) is 0 Å². The first-order valence-electron chi connectivity index (χ1n) is 4.76. The van der Waals surface area contributed by atoms with E-state index >= 15 is 0 Å². The molecular formula is C9H15NO3. The fourth-order valence-electron chi connectivity index (χ4n) is 1.97. The zero-order valence-electron chi connectivity index (χ0n) is 8.08. The maximum Gasteiger partial charge on any atom is 0.300 e. The molecule has 4 aliphatic heterocycles. The van der Waals surface area contributed by atoms with Crippen molar-refractivity contribution in [1.82, 2.24) is 4.90 Å². The van der Waals surface area contributed by atoms with Crippen LogP contribution in [0.5, 0.6) is 0 Å². The summed E-state index contributed by atoms with van der Waals surface area (Å²) in [5.74, 6) is -0.730. The Balaban J connectivity index is 1.80. The summed E-state index contributed by atoms with van der Waals surface area (Å²) in [6, 6.07) is 0.303. The highest BCUT2D eigenvalue weighted by Crippen LogP contribution is 2.44. The summed E-state index contributed by atoms with van der Waals surface area (Å²) in [5, 5.41) is 0.